The van der Waals surface area contributed by atoms with Crippen molar-refractivity contribution in [2.24, 2.45) is 0 Å². The van der Waals surface area contributed by atoms with E-state index in [4.69, 9.17) is 4.74 Å². The maximum atomic E-state index is 12.8. The zero-order chi connectivity index (χ0) is 21.6. The van der Waals surface area contributed by atoms with Gasteiger partial charge in [0.15, 0.2) is 6.54 Å². The highest BCUT2D eigenvalue weighted by Gasteiger charge is 2.26. The number of nitriles is 1. The van der Waals surface area contributed by atoms with E-state index in [2.05, 4.69) is 22.4 Å². The Labute approximate surface area is 188 Å². The molecule has 1 fully saturated rings. The lowest BCUT2D eigenvalue weighted by atomic mass is 10.1. The van der Waals surface area contributed by atoms with Gasteiger partial charge in [-0.3, -0.25) is 4.79 Å². The summed E-state index contributed by atoms with van der Waals surface area (Å²) in [5.41, 5.74) is 3.00. The van der Waals surface area contributed by atoms with Crippen molar-refractivity contribution in [3.05, 3.63) is 40.3 Å². The molecule has 1 aliphatic heterocycles. The largest absolute Gasteiger partial charge is 0.492 e. The average Bonchev–Trinajstić information content (AvgIpc) is 2.93. The number of aryl methyl sites for hydroxylation is 1. The van der Waals surface area contributed by atoms with Gasteiger partial charge in [0, 0.05) is 4.88 Å². The first kappa shape index (κ1) is 21.7. The van der Waals surface area contributed by atoms with Crippen LogP contribution in [0, 0.1) is 11.3 Å². The molecule has 31 heavy (non-hydrogen) atoms. The van der Waals surface area contributed by atoms with Crippen molar-refractivity contribution in [2.75, 3.05) is 49.5 Å². The van der Waals surface area contributed by atoms with Gasteiger partial charge < -0.3 is 19.9 Å². The first-order chi connectivity index (χ1) is 15.2. The van der Waals surface area contributed by atoms with Crippen molar-refractivity contribution in [1.82, 2.24) is 0 Å². The number of benzene rings is 1. The van der Waals surface area contributed by atoms with Gasteiger partial charge in [0.25, 0.3) is 5.91 Å². The van der Waals surface area contributed by atoms with E-state index in [1.165, 1.54) is 28.2 Å². The van der Waals surface area contributed by atoms with Crippen LogP contribution in [0.5, 0.6) is 5.75 Å². The second-order valence-corrected chi connectivity index (χ2v) is 9.35. The lowest BCUT2D eigenvalue weighted by Crippen LogP contribution is -3.15. The maximum Gasteiger partial charge on any atom is 0.280 e. The van der Waals surface area contributed by atoms with Crippen LogP contribution in [-0.4, -0.2) is 45.2 Å². The second-order valence-electron chi connectivity index (χ2n) is 8.24. The van der Waals surface area contributed by atoms with E-state index in [-0.39, 0.29) is 5.91 Å². The summed E-state index contributed by atoms with van der Waals surface area (Å²) in [6.45, 7) is 6.68. The molecule has 2 heterocycles. The summed E-state index contributed by atoms with van der Waals surface area (Å²) in [6, 6.07) is 10.5. The molecule has 7 heteroatoms. The van der Waals surface area contributed by atoms with E-state index in [0.717, 1.165) is 61.9 Å². The fourth-order valence-corrected chi connectivity index (χ4v) is 5.84. The molecule has 0 saturated carbocycles. The van der Waals surface area contributed by atoms with Gasteiger partial charge in [-0.15, -0.1) is 11.3 Å². The topological polar surface area (TPSA) is 69.8 Å². The van der Waals surface area contributed by atoms with E-state index < -0.39 is 0 Å². The zero-order valence-corrected chi connectivity index (χ0v) is 19.0. The summed E-state index contributed by atoms with van der Waals surface area (Å²) in [7, 11) is 0. The number of piperazine rings is 1. The molecular weight excluding hydrogens is 408 g/mol. The summed E-state index contributed by atoms with van der Waals surface area (Å²) in [4.78, 5) is 17.7. The molecule has 0 atom stereocenters. The third-order valence-corrected chi connectivity index (χ3v) is 7.38. The number of anilines is 2. The second kappa shape index (κ2) is 10.2. The molecule has 2 N–H and O–H groups in total. The van der Waals surface area contributed by atoms with Gasteiger partial charge in [0.1, 0.15) is 16.8 Å². The fourth-order valence-electron chi connectivity index (χ4n) is 4.58. The molecule has 1 aliphatic carbocycles. The number of carbonyl (C=O) groups is 1. The Bertz CT molecular complexity index is 957. The third-order valence-electron chi connectivity index (χ3n) is 6.17. The molecule has 2 aromatic rings. The van der Waals surface area contributed by atoms with Crippen LogP contribution in [0.3, 0.4) is 0 Å². The number of fused-ring (bicyclic) bond motifs is 1. The maximum absolute atomic E-state index is 12.8. The summed E-state index contributed by atoms with van der Waals surface area (Å²) >= 11 is 1.61. The first-order valence-corrected chi connectivity index (χ1v) is 12.2. The number of ether oxygens (including phenoxy) is 1. The lowest BCUT2D eigenvalue weighted by Gasteiger charge is -2.34. The van der Waals surface area contributed by atoms with Crippen molar-refractivity contribution in [1.29, 1.82) is 5.26 Å². The summed E-state index contributed by atoms with van der Waals surface area (Å²) < 4.78 is 5.77. The Morgan fingerprint density at radius 3 is 2.77 bits per heavy atom. The van der Waals surface area contributed by atoms with Crippen molar-refractivity contribution in [3.63, 3.8) is 0 Å². The molecule has 6 nitrogen and oxygen atoms in total. The Morgan fingerprint density at radius 1 is 1.23 bits per heavy atom. The van der Waals surface area contributed by atoms with Gasteiger partial charge in [-0.05, 0) is 50.3 Å². The van der Waals surface area contributed by atoms with Crippen LogP contribution >= 0.6 is 11.3 Å². The fraction of sp³-hybridized carbons (Fsp3) is 0.500. The average molecular weight is 440 g/mol. The number of nitrogens with zero attached hydrogens (tertiary/aromatic N) is 2. The van der Waals surface area contributed by atoms with Crippen LogP contribution < -0.4 is 19.9 Å². The van der Waals surface area contributed by atoms with Gasteiger partial charge in [-0.1, -0.05) is 18.6 Å². The van der Waals surface area contributed by atoms with Gasteiger partial charge in [0.2, 0.25) is 0 Å². The quantitative estimate of drug-likeness (QED) is 0.679. The molecule has 0 bridgehead atoms. The number of para-hydroxylation sites is 2. The highest BCUT2D eigenvalue weighted by Crippen LogP contribution is 2.36. The van der Waals surface area contributed by atoms with Crippen LogP contribution in [0.4, 0.5) is 10.7 Å². The normalized spacial score (nSPS) is 16.8. The molecule has 164 valence electrons. The Kier molecular flexibility index (Phi) is 7.10. The molecule has 0 radical (unpaired) electrons. The molecule has 0 spiro atoms. The Hall–Kier alpha value is -2.56. The zero-order valence-electron chi connectivity index (χ0n) is 18.2. The summed E-state index contributed by atoms with van der Waals surface area (Å²) in [6.07, 6.45) is 5.51. The number of carbonyl (C=O) groups excluding carboxylic acids is 1. The smallest absolute Gasteiger partial charge is 0.280 e. The van der Waals surface area contributed by atoms with E-state index in [1.807, 2.05) is 25.1 Å². The summed E-state index contributed by atoms with van der Waals surface area (Å²) in [5, 5.41) is 13.5. The summed E-state index contributed by atoms with van der Waals surface area (Å²) in [5.74, 6) is 0.929. The van der Waals surface area contributed by atoms with Gasteiger partial charge in [0.05, 0.1) is 44.0 Å². The monoisotopic (exact) mass is 439 g/mol. The van der Waals surface area contributed by atoms with Crippen LogP contribution in [0.1, 0.15) is 42.2 Å². The molecule has 0 unspecified atom stereocenters. The van der Waals surface area contributed by atoms with Crippen molar-refractivity contribution in [3.8, 4) is 11.8 Å². The molecule has 1 amide bonds. The van der Waals surface area contributed by atoms with Crippen molar-refractivity contribution in [2.45, 2.75) is 39.0 Å². The highest BCUT2D eigenvalue weighted by molar-refractivity contribution is 7.16. The van der Waals surface area contributed by atoms with E-state index in [1.54, 1.807) is 11.3 Å². The lowest BCUT2D eigenvalue weighted by molar-refractivity contribution is -0.892. The number of hydrogen-bond donors (Lipinski definition) is 2. The number of nitrogens with one attached hydrogen (secondary N) is 2. The first-order valence-electron chi connectivity index (χ1n) is 11.3. The molecule has 1 saturated heterocycles. The van der Waals surface area contributed by atoms with Gasteiger partial charge in [-0.2, -0.15) is 5.26 Å². The number of thiophene rings is 1. The van der Waals surface area contributed by atoms with Gasteiger partial charge >= 0.3 is 0 Å². The minimum absolute atomic E-state index is 0.00563. The van der Waals surface area contributed by atoms with Gasteiger partial charge in [-0.25, -0.2) is 0 Å². The van der Waals surface area contributed by atoms with E-state index >= 15 is 0 Å². The standard InChI is InChI=1S/C24H30N4O2S/c1-2-30-21-10-7-6-9-20(21)28-14-12-27(13-15-28)17-23(29)26-24-19(16-25)18-8-4-3-5-11-22(18)31-24/h6-7,9-10H,2-5,8,11-15,17H2,1H3,(H,26,29)/p+1. The highest BCUT2D eigenvalue weighted by atomic mass is 32.1. The van der Waals surface area contributed by atoms with Crippen LogP contribution in [-0.2, 0) is 17.6 Å². The van der Waals surface area contributed by atoms with Crippen LogP contribution in [0.15, 0.2) is 24.3 Å². The molecule has 1 aromatic heterocycles. The molecule has 1 aromatic carbocycles. The molecule has 4 rings (SSSR count). The third kappa shape index (κ3) is 5.03. The minimum atomic E-state index is 0.00563. The SMILES string of the molecule is CCOc1ccccc1N1CC[NH+](CC(=O)Nc2sc3c(c2C#N)CCCCC3)CC1. The van der Waals surface area contributed by atoms with E-state index in [9.17, 15) is 10.1 Å². The van der Waals surface area contributed by atoms with Crippen molar-refractivity contribution >= 4 is 27.9 Å². The van der Waals surface area contributed by atoms with Crippen molar-refractivity contribution < 1.29 is 14.4 Å². The number of quaternary nitrogens is 1. The number of hydrogen-bond acceptors (Lipinski definition) is 5. The Morgan fingerprint density at radius 2 is 2.00 bits per heavy atom. The van der Waals surface area contributed by atoms with Crippen LogP contribution in [0.25, 0.3) is 0 Å². The number of rotatable bonds is 6. The van der Waals surface area contributed by atoms with Crippen LogP contribution in [0.2, 0.25) is 0 Å². The predicted molar refractivity (Wildman–Crippen MR) is 124 cm³/mol. The molecular formula is C24H31N4O2S+. The Balaban J connectivity index is 1.34. The predicted octanol–water partition coefficient (Wildman–Crippen LogP) is 2.63. The minimum Gasteiger partial charge on any atom is -0.492 e. The molecule has 2 aliphatic rings. The van der Waals surface area contributed by atoms with E-state index in [0.29, 0.717) is 18.7 Å². The number of amides is 1.